The normalized spacial score (nSPS) is 13.8. The maximum Gasteiger partial charge on any atom is 0.222 e. The van der Waals surface area contributed by atoms with Gasteiger partial charge >= 0.3 is 0 Å². The summed E-state index contributed by atoms with van der Waals surface area (Å²) in [4.78, 5) is 12.4. The molecule has 5 heteroatoms. The van der Waals surface area contributed by atoms with Crippen LogP contribution >= 0.6 is 0 Å². The lowest BCUT2D eigenvalue weighted by molar-refractivity contribution is -0.124. The number of unbranched alkanes of at least 4 members (excludes halogenated alkanes) is 28. The maximum absolute atomic E-state index is 12.4. The zero-order valence-electron chi connectivity index (χ0n) is 32.8. The number of nitrogens with one attached hydrogen (secondary N) is 1. The fraction of sp³-hybridized carbons (Fsp3) is 0.886. The smallest absolute Gasteiger partial charge is 0.222 e. The standard InChI is InChI=1S/C44H85NO4/c1-3-5-7-9-11-13-15-17-19-20-21-22-24-25-27-29-31-33-35-37-41(47)39-44(49)45-42(40-46)43(48)38-36-34-32-30-28-26-23-18-16-14-12-10-8-6-4-2/h22,24,36,38,41-43,46-48H,3-21,23,25-35,37,39-40H2,1-2H3,(H,45,49)/b24-22-,38-36+. The van der Waals surface area contributed by atoms with Crippen LogP contribution in [0.3, 0.4) is 0 Å². The average molecular weight is 692 g/mol. The second kappa shape index (κ2) is 39.6. The van der Waals surface area contributed by atoms with Crippen molar-refractivity contribution in [1.82, 2.24) is 5.32 Å². The Hall–Kier alpha value is -1.17. The Bertz CT molecular complexity index is 724. The first kappa shape index (κ1) is 47.8. The summed E-state index contributed by atoms with van der Waals surface area (Å²) in [7, 11) is 0. The number of hydrogen-bond acceptors (Lipinski definition) is 4. The van der Waals surface area contributed by atoms with Gasteiger partial charge in [0, 0.05) is 0 Å². The molecular formula is C44H85NO4. The number of amides is 1. The number of allylic oxidation sites excluding steroid dienone is 3. The van der Waals surface area contributed by atoms with Gasteiger partial charge < -0.3 is 20.6 Å². The van der Waals surface area contributed by atoms with Crippen LogP contribution in [0.2, 0.25) is 0 Å². The summed E-state index contributed by atoms with van der Waals surface area (Å²) >= 11 is 0. The first-order valence-corrected chi connectivity index (χ1v) is 21.6. The van der Waals surface area contributed by atoms with Crippen LogP contribution in [0.1, 0.15) is 226 Å². The Morgan fingerprint density at radius 1 is 0.510 bits per heavy atom. The summed E-state index contributed by atoms with van der Waals surface area (Å²) in [5.74, 6) is -0.319. The van der Waals surface area contributed by atoms with Crippen molar-refractivity contribution >= 4 is 5.91 Å². The molecule has 0 saturated carbocycles. The summed E-state index contributed by atoms with van der Waals surface area (Å²) in [5.41, 5.74) is 0. The van der Waals surface area contributed by atoms with Gasteiger partial charge in [-0.05, 0) is 44.9 Å². The molecule has 290 valence electrons. The molecule has 0 aromatic carbocycles. The van der Waals surface area contributed by atoms with E-state index in [4.69, 9.17) is 0 Å². The van der Waals surface area contributed by atoms with Crippen LogP contribution in [-0.4, -0.2) is 46.1 Å². The van der Waals surface area contributed by atoms with Crippen molar-refractivity contribution in [2.45, 2.75) is 244 Å². The molecule has 3 atom stereocenters. The Kier molecular flexibility index (Phi) is 38.7. The van der Waals surface area contributed by atoms with Gasteiger partial charge in [-0.2, -0.15) is 0 Å². The molecule has 1 amide bonds. The SMILES string of the molecule is CCCCCCCCCCCC/C=C\CCCCCCCC(O)CC(=O)NC(CO)C(O)/C=C/CCCCCCCCCCCCCCC. The number of aliphatic hydroxyl groups is 3. The van der Waals surface area contributed by atoms with Crippen LogP contribution in [-0.2, 0) is 4.79 Å². The summed E-state index contributed by atoms with van der Waals surface area (Å²) in [6.07, 6.45) is 47.4. The fourth-order valence-electron chi connectivity index (χ4n) is 6.63. The van der Waals surface area contributed by atoms with Gasteiger partial charge in [0.2, 0.25) is 5.91 Å². The molecule has 5 nitrogen and oxygen atoms in total. The van der Waals surface area contributed by atoms with Crippen molar-refractivity contribution in [3.05, 3.63) is 24.3 Å². The van der Waals surface area contributed by atoms with E-state index in [1.54, 1.807) is 6.08 Å². The number of aliphatic hydroxyl groups excluding tert-OH is 3. The molecule has 0 spiro atoms. The zero-order chi connectivity index (χ0) is 35.9. The molecule has 0 fully saturated rings. The zero-order valence-corrected chi connectivity index (χ0v) is 32.8. The van der Waals surface area contributed by atoms with Crippen LogP contribution < -0.4 is 5.32 Å². The minimum Gasteiger partial charge on any atom is -0.394 e. The first-order chi connectivity index (χ1) is 24.0. The third-order valence-corrected chi connectivity index (χ3v) is 9.98. The molecule has 3 unspecified atom stereocenters. The Labute approximate surface area is 305 Å². The van der Waals surface area contributed by atoms with Gasteiger partial charge in [0.15, 0.2) is 0 Å². The molecule has 0 aromatic heterocycles. The van der Waals surface area contributed by atoms with Gasteiger partial charge in [-0.1, -0.05) is 199 Å². The second-order valence-corrected chi connectivity index (χ2v) is 15.0. The number of carbonyl (C=O) groups is 1. The molecular weight excluding hydrogens is 606 g/mol. The minimum atomic E-state index is -0.928. The molecule has 0 rings (SSSR count). The van der Waals surface area contributed by atoms with Crippen molar-refractivity contribution < 1.29 is 20.1 Å². The third-order valence-electron chi connectivity index (χ3n) is 9.98. The van der Waals surface area contributed by atoms with E-state index in [2.05, 4.69) is 31.3 Å². The lowest BCUT2D eigenvalue weighted by atomic mass is 10.0. The van der Waals surface area contributed by atoms with Gasteiger partial charge in [-0.15, -0.1) is 0 Å². The summed E-state index contributed by atoms with van der Waals surface area (Å²) in [5, 5.41) is 33.2. The molecule has 0 aliphatic rings. The highest BCUT2D eigenvalue weighted by atomic mass is 16.3. The van der Waals surface area contributed by atoms with Gasteiger partial charge in [0.25, 0.3) is 0 Å². The van der Waals surface area contributed by atoms with E-state index in [0.717, 1.165) is 38.5 Å². The molecule has 0 aliphatic carbocycles. The Balaban J connectivity index is 3.68. The largest absolute Gasteiger partial charge is 0.394 e. The molecule has 0 aliphatic heterocycles. The average Bonchev–Trinajstić information content (AvgIpc) is 3.09. The van der Waals surface area contributed by atoms with E-state index in [1.165, 1.54) is 161 Å². The highest BCUT2D eigenvalue weighted by Crippen LogP contribution is 2.15. The predicted molar refractivity (Wildman–Crippen MR) is 213 cm³/mol. The van der Waals surface area contributed by atoms with Crippen LogP contribution in [0.15, 0.2) is 24.3 Å². The molecule has 0 saturated heterocycles. The van der Waals surface area contributed by atoms with E-state index < -0.39 is 18.2 Å². The third kappa shape index (κ3) is 36.4. The topological polar surface area (TPSA) is 89.8 Å². The quantitative estimate of drug-likeness (QED) is 0.0381. The van der Waals surface area contributed by atoms with E-state index >= 15 is 0 Å². The van der Waals surface area contributed by atoms with Gasteiger partial charge in [-0.3, -0.25) is 4.79 Å². The molecule has 0 radical (unpaired) electrons. The predicted octanol–water partition coefficient (Wildman–Crippen LogP) is 12.2. The highest BCUT2D eigenvalue weighted by Gasteiger charge is 2.20. The van der Waals surface area contributed by atoms with Crippen molar-refractivity contribution in [1.29, 1.82) is 0 Å². The Morgan fingerprint density at radius 2 is 0.857 bits per heavy atom. The van der Waals surface area contributed by atoms with Crippen LogP contribution in [0.4, 0.5) is 0 Å². The fourth-order valence-corrected chi connectivity index (χ4v) is 6.63. The van der Waals surface area contributed by atoms with Crippen molar-refractivity contribution in [2.75, 3.05) is 6.61 Å². The highest BCUT2D eigenvalue weighted by molar-refractivity contribution is 5.76. The summed E-state index contributed by atoms with van der Waals surface area (Å²) in [6, 6.07) is -0.744. The van der Waals surface area contributed by atoms with Gasteiger partial charge in [-0.25, -0.2) is 0 Å². The molecule has 49 heavy (non-hydrogen) atoms. The number of carbonyl (C=O) groups excluding carboxylic acids is 1. The lowest BCUT2D eigenvalue weighted by Gasteiger charge is -2.21. The Morgan fingerprint density at radius 3 is 1.24 bits per heavy atom. The van der Waals surface area contributed by atoms with E-state index in [-0.39, 0.29) is 18.9 Å². The van der Waals surface area contributed by atoms with E-state index in [0.29, 0.717) is 6.42 Å². The van der Waals surface area contributed by atoms with Crippen LogP contribution in [0.5, 0.6) is 0 Å². The van der Waals surface area contributed by atoms with Crippen molar-refractivity contribution in [3.8, 4) is 0 Å². The molecule has 0 heterocycles. The first-order valence-electron chi connectivity index (χ1n) is 21.6. The van der Waals surface area contributed by atoms with E-state index in [1.807, 2.05) is 6.08 Å². The van der Waals surface area contributed by atoms with Crippen LogP contribution in [0.25, 0.3) is 0 Å². The lowest BCUT2D eigenvalue weighted by Crippen LogP contribution is -2.45. The summed E-state index contributed by atoms with van der Waals surface area (Å²) in [6.45, 7) is 4.21. The molecule has 4 N–H and O–H groups in total. The minimum absolute atomic E-state index is 0.00966. The van der Waals surface area contributed by atoms with E-state index in [9.17, 15) is 20.1 Å². The summed E-state index contributed by atoms with van der Waals surface area (Å²) < 4.78 is 0. The second-order valence-electron chi connectivity index (χ2n) is 15.0. The van der Waals surface area contributed by atoms with Crippen molar-refractivity contribution in [3.63, 3.8) is 0 Å². The van der Waals surface area contributed by atoms with Crippen molar-refractivity contribution in [2.24, 2.45) is 0 Å². The number of hydrogen-bond donors (Lipinski definition) is 4. The van der Waals surface area contributed by atoms with Gasteiger partial charge in [0.05, 0.1) is 31.3 Å². The molecule has 0 bridgehead atoms. The van der Waals surface area contributed by atoms with Crippen LogP contribution in [0, 0.1) is 0 Å². The molecule has 0 aromatic rings. The number of rotatable bonds is 39. The monoisotopic (exact) mass is 692 g/mol. The van der Waals surface area contributed by atoms with Gasteiger partial charge in [0.1, 0.15) is 0 Å². The maximum atomic E-state index is 12.4.